The lowest BCUT2D eigenvalue weighted by atomic mass is 10.2. The van der Waals surface area contributed by atoms with Gasteiger partial charge in [-0.05, 0) is 24.6 Å². The van der Waals surface area contributed by atoms with Crippen molar-refractivity contribution in [3.8, 4) is 0 Å². The fraction of sp³-hybridized carbons (Fsp3) is 1.00. The third-order valence-electron chi connectivity index (χ3n) is 3.08. The summed E-state index contributed by atoms with van der Waals surface area (Å²) in [5.41, 5.74) is 0. The lowest BCUT2D eigenvalue weighted by molar-refractivity contribution is 0.0954. The molecule has 14 heavy (non-hydrogen) atoms. The molecule has 0 aromatic heterocycles. The van der Waals surface area contributed by atoms with Gasteiger partial charge >= 0.3 is 0 Å². The molecule has 0 aromatic rings. The normalized spacial score (nSPS) is 15.6. The molecule has 3 heteroatoms. The molecule has 1 N–H and O–H groups in total. The average molecular weight is 218 g/mol. The van der Waals surface area contributed by atoms with Crippen LogP contribution in [0, 0.1) is 0 Å². The van der Waals surface area contributed by atoms with E-state index in [4.69, 9.17) is 4.43 Å². The Morgan fingerprint density at radius 1 is 1.29 bits per heavy atom. The van der Waals surface area contributed by atoms with E-state index in [0.717, 1.165) is 12.8 Å². The van der Waals surface area contributed by atoms with Gasteiger partial charge in [0.2, 0.25) is 0 Å². The first-order valence-electron chi connectivity index (χ1n) is 5.53. The molecule has 0 spiro atoms. The predicted molar refractivity (Wildman–Crippen MR) is 64.1 cm³/mol. The minimum Gasteiger partial charge on any atom is -0.412 e. The van der Waals surface area contributed by atoms with Crippen LogP contribution < -0.4 is 0 Å². The van der Waals surface area contributed by atoms with Crippen LogP contribution in [-0.2, 0) is 4.43 Å². The van der Waals surface area contributed by atoms with Crippen molar-refractivity contribution in [2.75, 3.05) is 6.61 Å². The summed E-state index contributed by atoms with van der Waals surface area (Å²) < 4.78 is 6.08. The minimum absolute atomic E-state index is 0.0425. The van der Waals surface area contributed by atoms with Crippen LogP contribution in [0.15, 0.2) is 0 Å². The third kappa shape index (κ3) is 4.11. The molecule has 0 saturated carbocycles. The van der Waals surface area contributed by atoms with E-state index in [-0.39, 0.29) is 17.7 Å². The first kappa shape index (κ1) is 14.1. The molecule has 1 unspecified atom stereocenters. The zero-order valence-corrected chi connectivity index (χ0v) is 11.6. The van der Waals surface area contributed by atoms with Gasteiger partial charge in [-0.1, -0.05) is 34.1 Å². The predicted octanol–water partition coefficient (Wildman–Crippen LogP) is 3.17. The number of hydrogen-bond acceptors (Lipinski definition) is 2. The highest BCUT2D eigenvalue weighted by molar-refractivity contribution is 6.74. The van der Waals surface area contributed by atoms with E-state index in [9.17, 15) is 5.11 Å². The third-order valence-corrected chi connectivity index (χ3v) is 7.62. The van der Waals surface area contributed by atoms with Gasteiger partial charge in [-0.2, -0.15) is 0 Å². The molecule has 86 valence electrons. The van der Waals surface area contributed by atoms with Crippen molar-refractivity contribution in [2.45, 2.75) is 64.8 Å². The first-order valence-corrected chi connectivity index (χ1v) is 8.44. The largest absolute Gasteiger partial charge is 0.412 e. The highest BCUT2D eigenvalue weighted by Gasteiger charge is 2.38. The Labute approximate surface area is 89.8 Å². The Morgan fingerprint density at radius 2 is 1.79 bits per heavy atom. The van der Waals surface area contributed by atoms with Crippen molar-refractivity contribution in [1.82, 2.24) is 0 Å². The van der Waals surface area contributed by atoms with E-state index in [2.05, 4.69) is 40.8 Å². The molecule has 1 atom stereocenters. The van der Waals surface area contributed by atoms with Gasteiger partial charge in [-0.15, -0.1) is 0 Å². The van der Waals surface area contributed by atoms with E-state index in [1.807, 2.05) is 0 Å². The Hall–Kier alpha value is 0.137. The molecule has 0 saturated heterocycles. The second kappa shape index (κ2) is 5.28. The number of aliphatic hydroxyl groups excluding tert-OH is 1. The molecule has 0 aliphatic heterocycles. The summed E-state index contributed by atoms with van der Waals surface area (Å²) in [6.07, 6.45) is 2.07. The molecule has 0 amide bonds. The van der Waals surface area contributed by atoms with Crippen molar-refractivity contribution in [2.24, 2.45) is 0 Å². The Bertz CT molecular complexity index is 161. The molecule has 0 fully saturated rings. The summed E-state index contributed by atoms with van der Waals surface area (Å²) in [7, 11) is -1.69. The molecule has 0 bridgehead atoms. The summed E-state index contributed by atoms with van der Waals surface area (Å²) >= 11 is 0. The fourth-order valence-electron chi connectivity index (χ4n) is 1.10. The highest BCUT2D eigenvalue weighted by atomic mass is 28.4. The summed E-state index contributed by atoms with van der Waals surface area (Å²) in [5.74, 6) is 0. The van der Waals surface area contributed by atoms with Gasteiger partial charge < -0.3 is 9.53 Å². The maximum Gasteiger partial charge on any atom is 0.192 e. The second-order valence-corrected chi connectivity index (χ2v) is 10.2. The molecule has 2 nitrogen and oxygen atoms in total. The smallest absolute Gasteiger partial charge is 0.192 e. The maximum absolute atomic E-state index is 9.18. The molecular weight excluding hydrogens is 192 g/mol. The topological polar surface area (TPSA) is 29.5 Å². The summed E-state index contributed by atoms with van der Waals surface area (Å²) in [6.45, 7) is 13.4. The lowest BCUT2D eigenvalue weighted by Gasteiger charge is -2.38. The molecule has 0 heterocycles. The van der Waals surface area contributed by atoms with Crippen LogP contribution in [0.2, 0.25) is 18.1 Å². The van der Waals surface area contributed by atoms with Crippen LogP contribution in [0.25, 0.3) is 0 Å². The fourth-order valence-corrected chi connectivity index (χ4v) is 2.48. The van der Waals surface area contributed by atoms with Crippen molar-refractivity contribution < 1.29 is 9.53 Å². The van der Waals surface area contributed by atoms with Gasteiger partial charge in [0, 0.05) is 0 Å². The zero-order valence-electron chi connectivity index (χ0n) is 10.6. The van der Waals surface area contributed by atoms with Crippen molar-refractivity contribution >= 4 is 8.32 Å². The van der Waals surface area contributed by atoms with Gasteiger partial charge in [0.05, 0.1) is 12.7 Å². The van der Waals surface area contributed by atoms with Crippen LogP contribution >= 0.6 is 0 Å². The average Bonchev–Trinajstić information content (AvgIpc) is 2.01. The Kier molecular flexibility index (Phi) is 5.34. The standard InChI is InChI=1S/C11H26O2Si/c1-7-8-10(9-12)13-14(5,6)11(2,3)4/h10,12H,7-9H2,1-6H3. The van der Waals surface area contributed by atoms with E-state index in [1.165, 1.54) is 0 Å². The monoisotopic (exact) mass is 218 g/mol. The van der Waals surface area contributed by atoms with Gasteiger partial charge in [0.25, 0.3) is 0 Å². The van der Waals surface area contributed by atoms with Crippen LogP contribution in [0.3, 0.4) is 0 Å². The molecule has 0 aliphatic rings. The molecule has 0 aromatic carbocycles. The van der Waals surface area contributed by atoms with E-state index in [0.29, 0.717) is 0 Å². The minimum atomic E-state index is -1.69. The lowest BCUT2D eigenvalue weighted by Crippen LogP contribution is -2.44. The zero-order chi connectivity index (χ0) is 11.4. The maximum atomic E-state index is 9.18. The van der Waals surface area contributed by atoms with E-state index >= 15 is 0 Å². The Balaban J connectivity index is 4.32. The second-order valence-electron chi connectivity index (χ2n) is 5.47. The summed E-state index contributed by atoms with van der Waals surface area (Å²) in [5, 5.41) is 9.41. The van der Waals surface area contributed by atoms with Crippen molar-refractivity contribution in [3.63, 3.8) is 0 Å². The summed E-state index contributed by atoms with van der Waals surface area (Å²) in [4.78, 5) is 0. The van der Waals surface area contributed by atoms with Crippen LogP contribution in [0.5, 0.6) is 0 Å². The quantitative estimate of drug-likeness (QED) is 0.718. The van der Waals surface area contributed by atoms with Crippen LogP contribution in [0.4, 0.5) is 0 Å². The summed E-state index contributed by atoms with van der Waals surface area (Å²) in [6, 6.07) is 0. The van der Waals surface area contributed by atoms with Gasteiger partial charge in [-0.3, -0.25) is 0 Å². The number of hydrogen-bond donors (Lipinski definition) is 1. The van der Waals surface area contributed by atoms with Gasteiger partial charge in [-0.25, -0.2) is 0 Å². The van der Waals surface area contributed by atoms with Crippen LogP contribution in [-0.4, -0.2) is 26.1 Å². The SMILES string of the molecule is CCCC(CO)O[Si](C)(C)C(C)(C)C. The molecular formula is C11H26O2Si. The molecule has 0 rings (SSSR count). The van der Waals surface area contributed by atoms with Gasteiger partial charge in [0.1, 0.15) is 0 Å². The van der Waals surface area contributed by atoms with Crippen molar-refractivity contribution in [3.05, 3.63) is 0 Å². The highest BCUT2D eigenvalue weighted by Crippen LogP contribution is 2.37. The van der Waals surface area contributed by atoms with E-state index in [1.54, 1.807) is 0 Å². The van der Waals surface area contributed by atoms with Gasteiger partial charge in [0.15, 0.2) is 8.32 Å². The van der Waals surface area contributed by atoms with Crippen molar-refractivity contribution in [1.29, 1.82) is 0 Å². The molecule has 0 radical (unpaired) electrons. The van der Waals surface area contributed by atoms with Crippen LogP contribution in [0.1, 0.15) is 40.5 Å². The first-order chi connectivity index (χ1) is 6.24. The van der Waals surface area contributed by atoms with E-state index < -0.39 is 8.32 Å². The number of rotatable bonds is 5. The molecule has 0 aliphatic carbocycles. The Morgan fingerprint density at radius 3 is 2.07 bits per heavy atom. The number of aliphatic hydroxyl groups is 1.